The van der Waals surface area contributed by atoms with Crippen molar-refractivity contribution < 1.29 is 1.43 Å². The third-order valence-electron chi connectivity index (χ3n) is 2.31. The molecule has 0 saturated carbocycles. The van der Waals surface area contributed by atoms with Crippen LogP contribution in [0.1, 0.15) is 21.7 Å². The second-order valence-corrected chi connectivity index (χ2v) is 3.30. The van der Waals surface area contributed by atoms with Crippen LogP contribution in [0.15, 0.2) is 60.4 Å². The van der Waals surface area contributed by atoms with Crippen molar-refractivity contribution in [3.05, 3.63) is 60.4 Å². The van der Waals surface area contributed by atoms with E-state index in [1.807, 2.05) is 38.3 Å². The van der Waals surface area contributed by atoms with E-state index in [9.17, 15) is 0 Å². The van der Waals surface area contributed by atoms with Gasteiger partial charge in [0.05, 0.1) is 0 Å². The summed E-state index contributed by atoms with van der Waals surface area (Å²) in [6.07, 6.45) is 15.5. The van der Waals surface area contributed by atoms with Gasteiger partial charge < -0.3 is 5.32 Å². The molecule has 15 heavy (non-hydrogen) atoms. The summed E-state index contributed by atoms with van der Waals surface area (Å²) in [7, 11) is 0. The van der Waals surface area contributed by atoms with E-state index in [2.05, 4.69) is 30.1 Å². The van der Waals surface area contributed by atoms with Gasteiger partial charge in [-0.05, 0) is 29.8 Å². The third kappa shape index (κ3) is 3.28. The fraction of sp³-hybridized carbons (Fsp3) is 0.286. The zero-order chi connectivity index (χ0) is 11.1. The van der Waals surface area contributed by atoms with Crippen molar-refractivity contribution in [1.82, 2.24) is 5.32 Å². The van der Waals surface area contributed by atoms with E-state index in [0.717, 1.165) is 12.0 Å². The number of allylic oxidation sites excluding steroid dienone is 6. The lowest BCUT2D eigenvalue weighted by Crippen LogP contribution is -2.23. The summed E-state index contributed by atoms with van der Waals surface area (Å²) in [6.45, 7) is 8.03. The minimum absolute atomic E-state index is 0. The first kappa shape index (κ1) is 11.6. The Morgan fingerprint density at radius 2 is 2.13 bits per heavy atom. The molecular formula is C14H21N. The van der Waals surface area contributed by atoms with Crippen molar-refractivity contribution in [3.63, 3.8) is 0 Å². The molecule has 1 nitrogen and oxygen atoms in total. The van der Waals surface area contributed by atoms with Gasteiger partial charge in [0.1, 0.15) is 0 Å². The summed E-state index contributed by atoms with van der Waals surface area (Å²) in [5, 5.41) is 3.31. The molecule has 0 aromatic heterocycles. The largest absolute Gasteiger partial charge is 0.384 e. The minimum atomic E-state index is 0. The lowest BCUT2D eigenvalue weighted by Gasteiger charge is -2.18. The Bertz CT molecular complexity index is 335. The Morgan fingerprint density at radius 1 is 1.33 bits per heavy atom. The first-order chi connectivity index (χ1) is 7.36. The Labute approximate surface area is 94.1 Å². The van der Waals surface area contributed by atoms with E-state index in [1.54, 1.807) is 0 Å². The second-order valence-electron chi connectivity index (χ2n) is 3.30. The molecule has 0 saturated heterocycles. The average Bonchev–Trinajstić information content (AvgIpc) is 2.36. The van der Waals surface area contributed by atoms with Crippen LogP contribution in [0.25, 0.3) is 0 Å². The number of rotatable bonds is 0. The number of hydrogen-bond acceptors (Lipinski definition) is 1. The fourth-order valence-corrected chi connectivity index (χ4v) is 1.54. The van der Waals surface area contributed by atoms with Gasteiger partial charge in [-0.2, -0.15) is 0 Å². The first-order valence-corrected chi connectivity index (χ1v) is 5.52. The van der Waals surface area contributed by atoms with E-state index in [0.29, 0.717) is 6.04 Å². The minimum Gasteiger partial charge on any atom is -0.384 e. The Morgan fingerprint density at radius 3 is 2.93 bits per heavy atom. The molecule has 0 amide bonds. The number of fused-ring (bicyclic) bond motifs is 2. The molecule has 1 N–H and O–H groups in total. The van der Waals surface area contributed by atoms with Crippen LogP contribution >= 0.6 is 0 Å². The molecule has 2 rings (SSSR count). The van der Waals surface area contributed by atoms with E-state index >= 15 is 0 Å². The standard InChI is InChI=1S/C12H13N.C2H6.H2/c1-10-5-2-3-8-13-12-7-4-6-11(10)9-12;1-2;/h2-8,12-13H,1,9H2;1-2H3;1H/b5-2-,8-3-;;. The molecule has 0 aromatic rings. The van der Waals surface area contributed by atoms with Gasteiger partial charge in [-0.25, -0.2) is 0 Å². The molecule has 82 valence electrons. The van der Waals surface area contributed by atoms with Gasteiger partial charge in [0, 0.05) is 7.47 Å². The predicted octanol–water partition coefficient (Wildman–Crippen LogP) is 3.74. The van der Waals surface area contributed by atoms with Gasteiger partial charge in [-0.1, -0.05) is 50.8 Å². The molecule has 0 aromatic carbocycles. The molecule has 1 heterocycles. The molecule has 2 aliphatic rings. The molecular weight excluding hydrogens is 182 g/mol. The van der Waals surface area contributed by atoms with Crippen LogP contribution in [0, 0.1) is 0 Å². The molecule has 0 spiro atoms. The fourth-order valence-electron chi connectivity index (χ4n) is 1.54. The summed E-state index contributed by atoms with van der Waals surface area (Å²) >= 11 is 0. The van der Waals surface area contributed by atoms with Gasteiger partial charge in [-0.15, -0.1) is 0 Å². The maximum Gasteiger partial charge on any atom is 0.0482 e. The smallest absolute Gasteiger partial charge is 0.0482 e. The highest BCUT2D eigenvalue weighted by Gasteiger charge is 2.10. The normalized spacial score (nSPS) is 26.9. The van der Waals surface area contributed by atoms with Crippen molar-refractivity contribution in [2.24, 2.45) is 0 Å². The highest BCUT2D eigenvalue weighted by molar-refractivity contribution is 5.43. The monoisotopic (exact) mass is 203 g/mol. The maximum absolute atomic E-state index is 4.03. The SMILES string of the molecule is C=C1/C=C\C=C/NC2C=CC=C1C2.CC.[HH]. The topological polar surface area (TPSA) is 12.0 Å². The zero-order valence-electron chi connectivity index (χ0n) is 9.53. The first-order valence-electron chi connectivity index (χ1n) is 5.52. The molecule has 1 aliphatic carbocycles. The van der Waals surface area contributed by atoms with Crippen molar-refractivity contribution in [1.29, 1.82) is 0 Å². The van der Waals surface area contributed by atoms with Crippen molar-refractivity contribution in [2.75, 3.05) is 0 Å². The lowest BCUT2D eigenvalue weighted by molar-refractivity contribution is 0.690. The van der Waals surface area contributed by atoms with Crippen LogP contribution in [0.3, 0.4) is 0 Å². The van der Waals surface area contributed by atoms with Gasteiger partial charge in [0.2, 0.25) is 0 Å². The lowest BCUT2D eigenvalue weighted by atomic mass is 9.95. The van der Waals surface area contributed by atoms with Gasteiger partial charge >= 0.3 is 0 Å². The van der Waals surface area contributed by atoms with Crippen LogP contribution in [0.4, 0.5) is 0 Å². The van der Waals surface area contributed by atoms with Crippen LogP contribution in [-0.4, -0.2) is 6.04 Å². The van der Waals surface area contributed by atoms with E-state index in [-0.39, 0.29) is 1.43 Å². The molecule has 1 aliphatic heterocycles. The molecule has 1 atom stereocenters. The summed E-state index contributed by atoms with van der Waals surface area (Å²) in [5.74, 6) is 0. The molecule has 2 bridgehead atoms. The summed E-state index contributed by atoms with van der Waals surface area (Å²) in [5.41, 5.74) is 2.43. The van der Waals surface area contributed by atoms with Crippen LogP contribution < -0.4 is 5.32 Å². The van der Waals surface area contributed by atoms with Crippen molar-refractivity contribution in [3.8, 4) is 0 Å². The highest BCUT2D eigenvalue weighted by Crippen LogP contribution is 2.21. The predicted molar refractivity (Wildman–Crippen MR) is 69.6 cm³/mol. The van der Waals surface area contributed by atoms with Gasteiger partial charge in [0.15, 0.2) is 0 Å². The summed E-state index contributed by atoms with van der Waals surface area (Å²) in [4.78, 5) is 0. The Hall–Kier alpha value is -1.50. The highest BCUT2D eigenvalue weighted by atomic mass is 14.9. The van der Waals surface area contributed by atoms with Crippen molar-refractivity contribution >= 4 is 0 Å². The van der Waals surface area contributed by atoms with E-state index in [1.165, 1.54) is 5.57 Å². The maximum atomic E-state index is 4.03. The Balaban J connectivity index is 0.000000711. The molecule has 0 fully saturated rings. The van der Waals surface area contributed by atoms with Crippen LogP contribution in [0.2, 0.25) is 0 Å². The average molecular weight is 203 g/mol. The van der Waals surface area contributed by atoms with Gasteiger partial charge in [0.25, 0.3) is 0 Å². The Kier molecular flexibility index (Phi) is 4.69. The molecule has 1 unspecified atom stereocenters. The second kappa shape index (κ2) is 6.07. The molecule has 1 heteroatoms. The molecule has 0 radical (unpaired) electrons. The number of hydrogen-bond donors (Lipinski definition) is 1. The van der Waals surface area contributed by atoms with Crippen molar-refractivity contribution in [2.45, 2.75) is 26.3 Å². The van der Waals surface area contributed by atoms with Crippen LogP contribution in [-0.2, 0) is 0 Å². The van der Waals surface area contributed by atoms with Crippen LogP contribution in [0.5, 0.6) is 0 Å². The third-order valence-corrected chi connectivity index (χ3v) is 2.31. The van der Waals surface area contributed by atoms with E-state index < -0.39 is 0 Å². The van der Waals surface area contributed by atoms with Gasteiger partial charge in [-0.3, -0.25) is 0 Å². The number of nitrogens with one attached hydrogen (secondary N) is 1. The zero-order valence-corrected chi connectivity index (χ0v) is 9.53. The quantitative estimate of drug-likeness (QED) is 0.632. The summed E-state index contributed by atoms with van der Waals surface area (Å²) < 4.78 is 0. The summed E-state index contributed by atoms with van der Waals surface area (Å²) in [6, 6.07) is 0.424. The van der Waals surface area contributed by atoms with E-state index in [4.69, 9.17) is 0 Å².